The van der Waals surface area contributed by atoms with Crippen molar-refractivity contribution in [1.29, 1.82) is 0 Å². The van der Waals surface area contributed by atoms with Gasteiger partial charge in [0.25, 0.3) is 0 Å². The summed E-state index contributed by atoms with van der Waals surface area (Å²) in [6.45, 7) is 10.4. The minimum Gasteiger partial charge on any atom is -0.444 e. The third-order valence-corrected chi connectivity index (χ3v) is 5.04. The van der Waals surface area contributed by atoms with Crippen LogP contribution in [0.4, 0.5) is 21.0 Å². The molecule has 0 spiro atoms. The zero-order chi connectivity index (χ0) is 24.3. The zero-order valence-electron chi connectivity index (χ0n) is 19.4. The quantitative estimate of drug-likeness (QED) is 0.625. The van der Waals surface area contributed by atoms with E-state index in [4.69, 9.17) is 9.47 Å². The Morgan fingerprint density at radius 3 is 1.78 bits per heavy atom. The van der Waals surface area contributed by atoms with Gasteiger partial charge in [0.15, 0.2) is 9.84 Å². The molecular formula is C23H30N2O6S. The highest BCUT2D eigenvalue weighted by molar-refractivity contribution is 7.90. The molecule has 0 saturated heterocycles. The average Bonchev–Trinajstić information content (AvgIpc) is 2.59. The van der Waals surface area contributed by atoms with Crippen LogP contribution in [0.3, 0.4) is 0 Å². The van der Waals surface area contributed by atoms with E-state index in [-0.39, 0.29) is 16.3 Å². The summed E-state index contributed by atoms with van der Waals surface area (Å²) in [4.78, 5) is 24.8. The van der Waals surface area contributed by atoms with Crippen LogP contribution < -0.4 is 10.6 Å². The number of hydrogen-bond donors (Lipinski definition) is 2. The third kappa shape index (κ3) is 7.56. The molecule has 0 heterocycles. The van der Waals surface area contributed by atoms with Crippen LogP contribution in [0.15, 0.2) is 47.4 Å². The average molecular weight is 463 g/mol. The highest BCUT2D eigenvalue weighted by Gasteiger charge is 2.21. The van der Waals surface area contributed by atoms with E-state index < -0.39 is 33.2 Å². The molecule has 0 aliphatic carbocycles. The number of carbonyl (C=O) groups is 2. The van der Waals surface area contributed by atoms with Crippen molar-refractivity contribution < 1.29 is 27.5 Å². The number of nitrogens with one attached hydrogen (secondary N) is 2. The summed E-state index contributed by atoms with van der Waals surface area (Å²) < 4.78 is 35.1. The number of sulfone groups is 1. The van der Waals surface area contributed by atoms with Crippen molar-refractivity contribution in [3.8, 4) is 11.1 Å². The summed E-state index contributed by atoms with van der Waals surface area (Å²) in [6.07, 6.45) is -0.295. The maximum Gasteiger partial charge on any atom is 0.412 e. The van der Waals surface area contributed by atoms with Crippen LogP contribution >= 0.6 is 0 Å². The van der Waals surface area contributed by atoms with Gasteiger partial charge in [-0.15, -0.1) is 0 Å². The molecule has 0 saturated carbocycles. The van der Waals surface area contributed by atoms with Crippen molar-refractivity contribution in [1.82, 2.24) is 0 Å². The predicted molar refractivity (Wildman–Crippen MR) is 125 cm³/mol. The van der Waals surface area contributed by atoms with E-state index in [1.165, 1.54) is 6.07 Å². The molecule has 0 aliphatic heterocycles. The van der Waals surface area contributed by atoms with Gasteiger partial charge in [0.1, 0.15) is 11.2 Å². The molecule has 9 heteroatoms. The fraction of sp³-hybridized carbons (Fsp3) is 0.391. The molecule has 0 atom stereocenters. The summed E-state index contributed by atoms with van der Waals surface area (Å²) in [7, 11) is -3.49. The van der Waals surface area contributed by atoms with Gasteiger partial charge in [-0.05, 0) is 65.3 Å². The Labute approximate surface area is 189 Å². The maximum atomic E-state index is 12.4. The van der Waals surface area contributed by atoms with Crippen LogP contribution in [-0.2, 0) is 19.3 Å². The normalized spacial score (nSPS) is 12.1. The van der Waals surface area contributed by atoms with E-state index in [0.717, 1.165) is 6.26 Å². The Morgan fingerprint density at radius 1 is 0.781 bits per heavy atom. The second kappa shape index (κ2) is 9.20. The third-order valence-electron chi connectivity index (χ3n) is 3.89. The minimum atomic E-state index is -3.49. The number of ether oxygens (including phenoxy) is 2. The first kappa shape index (κ1) is 25.2. The summed E-state index contributed by atoms with van der Waals surface area (Å²) >= 11 is 0. The van der Waals surface area contributed by atoms with Gasteiger partial charge in [0, 0.05) is 11.8 Å². The van der Waals surface area contributed by atoms with Crippen molar-refractivity contribution in [3.05, 3.63) is 42.5 Å². The van der Waals surface area contributed by atoms with E-state index in [1.807, 2.05) is 0 Å². The van der Waals surface area contributed by atoms with E-state index in [2.05, 4.69) is 10.6 Å². The van der Waals surface area contributed by atoms with Crippen molar-refractivity contribution in [2.24, 2.45) is 0 Å². The van der Waals surface area contributed by atoms with Gasteiger partial charge in [0.05, 0.1) is 16.3 Å². The predicted octanol–water partition coefficient (Wildman–Crippen LogP) is 5.45. The molecule has 2 N–H and O–H groups in total. The SMILES string of the molecule is CC(C)(C)OC(=O)Nc1ccc(-c2ccccc2S(C)(=O)=O)cc1NC(=O)OC(C)(C)C. The molecule has 8 nitrogen and oxygen atoms in total. The fourth-order valence-corrected chi connectivity index (χ4v) is 3.69. The first-order chi connectivity index (χ1) is 14.5. The lowest BCUT2D eigenvalue weighted by atomic mass is 10.0. The molecule has 0 aliphatic rings. The molecule has 2 aromatic carbocycles. The fourth-order valence-electron chi connectivity index (χ4n) is 2.78. The van der Waals surface area contributed by atoms with E-state index >= 15 is 0 Å². The molecule has 32 heavy (non-hydrogen) atoms. The molecule has 2 aromatic rings. The molecule has 174 valence electrons. The van der Waals surface area contributed by atoms with Crippen LogP contribution in [0.25, 0.3) is 11.1 Å². The molecule has 0 radical (unpaired) electrons. The summed E-state index contributed by atoms with van der Waals surface area (Å²) in [5.74, 6) is 0. The smallest absolute Gasteiger partial charge is 0.412 e. The van der Waals surface area contributed by atoms with Crippen LogP contribution in [0.2, 0.25) is 0 Å². The molecule has 0 unspecified atom stereocenters. The van der Waals surface area contributed by atoms with Crippen LogP contribution in [-0.4, -0.2) is 38.1 Å². The molecule has 2 rings (SSSR count). The highest BCUT2D eigenvalue weighted by Crippen LogP contribution is 2.33. The Balaban J connectivity index is 2.51. The summed E-state index contributed by atoms with van der Waals surface area (Å²) in [6, 6.07) is 11.3. The van der Waals surface area contributed by atoms with Crippen molar-refractivity contribution in [3.63, 3.8) is 0 Å². The molecule has 0 fully saturated rings. The largest absolute Gasteiger partial charge is 0.444 e. The second-order valence-corrected chi connectivity index (χ2v) is 11.3. The Bertz CT molecular complexity index is 1110. The van der Waals surface area contributed by atoms with Gasteiger partial charge >= 0.3 is 12.2 Å². The Hall–Kier alpha value is -3.07. The van der Waals surface area contributed by atoms with Gasteiger partial charge in [-0.2, -0.15) is 0 Å². The number of benzene rings is 2. The van der Waals surface area contributed by atoms with Gasteiger partial charge in [0.2, 0.25) is 0 Å². The lowest BCUT2D eigenvalue weighted by Crippen LogP contribution is -2.29. The topological polar surface area (TPSA) is 111 Å². The van der Waals surface area contributed by atoms with Crippen molar-refractivity contribution in [2.75, 3.05) is 16.9 Å². The maximum absolute atomic E-state index is 12.4. The first-order valence-corrected chi connectivity index (χ1v) is 11.9. The number of amides is 2. The van der Waals surface area contributed by atoms with Crippen molar-refractivity contribution >= 4 is 33.4 Å². The monoisotopic (exact) mass is 462 g/mol. The van der Waals surface area contributed by atoms with Gasteiger partial charge in [-0.3, -0.25) is 10.6 Å². The lowest BCUT2D eigenvalue weighted by Gasteiger charge is -2.22. The Morgan fingerprint density at radius 2 is 1.28 bits per heavy atom. The zero-order valence-corrected chi connectivity index (χ0v) is 20.2. The van der Waals surface area contributed by atoms with E-state index in [1.54, 1.807) is 77.9 Å². The van der Waals surface area contributed by atoms with E-state index in [9.17, 15) is 18.0 Å². The molecular weight excluding hydrogens is 432 g/mol. The van der Waals surface area contributed by atoms with Gasteiger partial charge in [-0.25, -0.2) is 18.0 Å². The lowest BCUT2D eigenvalue weighted by molar-refractivity contribution is 0.0621. The molecule has 2 amide bonds. The van der Waals surface area contributed by atoms with Gasteiger partial charge < -0.3 is 9.47 Å². The van der Waals surface area contributed by atoms with Crippen LogP contribution in [0.5, 0.6) is 0 Å². The Kier molecular flexibility index (Phi) is 7.24. The second-order valence-electron chi connectivity index (χ2n) is 9.28. The van der Waals surface area contributed by atoms with Crippen molar-refractivity contribution in [2.45, 2.75) is 57.6 Å². The van der Waals surface area contributed by atoms with Gasteiger partial charge in [-0.1, -0.05) is 24.3 Å². The summed E-state index contributed by atoms with van der Waals surface area (Å²) in [5.41, 5.74) is 0.0510. The van der Waals surface area contributed by atoms with Crippen LogP contribution in [0, 0.1) is 0 Å². The molecule has 0 aromatic heterocycles. The number of rotatable bonds is 4. The standard InChI is InChI=1S/C23H30N2O6S/c1-22(2,3)30-20(26)24-17-13-12-15(14-18(17)25-21(27)31-23(4,5)6)16-10-8-9-11-19(16)32(7,28)29/h8-14H,1-7H3,(H,24,26)(H,25,27). The van der Waals surface area contributed by atoms with Crippen LogP contribution in [0.1, 0.15) is 41.5 Å². The van der Waals surface area contributed by atoms with E-state index in [0.29, 0.717) is 11.1 Å². The number of hydrogen-bond acceptors (Lipinski definition) is 6. The number of anilines is 2. The first-order valence-electron chi connectivity index (χ1n) is 9.99. The summed E-state index contributed by atoms with van der Waals surface area (Å²) in [5, 5.41) is 5.23. The number of carbonyl (C=O) groups excluding carboxylic acids is 2. The highest BCUT2D eigenvalue weighted by atomic mass is 32.2. The minimum absolute atomic E-state index is 0.149. The molecule has 0 bridgehead atoms.